The van der Waals surface area contributed by atoms with Gasteiger partial charge < -0.3 is 9.47 Å². The molecule has 0 radical (unpaired) electrons. The van der Waals surface area contributed by atoms with Gasteiger partial charge in [-0.05, 0) is 24.3 Å². The topological polar surface area (TPSA) is 77.5 Å². The second kappa shape index (κ2) is 8.23. The summed E-state index contributed by atoms with van der Waals surface area (Å²) in [7, 11) is 1.26. The van der Waals surface area contributed by atoms with Crippen molar-refractivity contribution in [1.29, 1.82) is 0 Å². The van der Waals surface area contributed by atoms with Gasteiger partial charge in [0.2, 0.25) is 0 Å². The minimum atomic E-state index is -2.95. The van der Waals surface area contributed by atoms with Gasteiger partial charge in [-0.3, -0.25) is 10.1 Å². The zero-order chi connectivity index (χ0) is 19.4. The van der Waals surface area contributed by atoms with Crippen molar-refractivity contribution in [3.05, 3.63) is 51.5 Å². The molecule has 0 spiro atoms. The van der Waals surface area contributed by atoms with Crippen LogP contribution in [0.25, 0.3) is 11.3 Å². The van der Waals surface area contributed by atoms with E-state index in [1.54, 1.807) is 23.6 Å². The predicted octanol–water partition coefficient (Wildman–Crippen LogP) is 4.51. The molecule has 6 nitrogen and oxygen atoms in total. The van der Waals surface area contributed by atoms with Gasteiger partial charge in [0.15, 0.2) is 5.13 Å². The van der Waals surface area contributed by atoms with Gasteiger partial charge in [-0.2, -0.15) is 8.78 Å². The van der Waals surface area contributed by atoms with E-state index in [2.05, 4.69) is 19.8 Å². The van der Waals surface area contributed by atoms with Crippen molar-refractivity contribution in [2.45, 2.75) is 6.61 Å². The minimum absolute atomic E-state index is 0.00310. The van der Waals surface area contributed by atoms with Gasteiger partial charge in [0.05, 0.1) is 17.7 Å². The first kappa shape index (κ1) is 18.9. The summed E-state index contributed by atoms with van der Waals surface area (Å²) >= 11 is 2.13. The van der Waals surface area contributed by atoms with Gasteiger partial charge in [-0.25, -0.2) is 9.78 Å². The number of esters is 1. The fourth-order valence-electron chi connectivity index (χ4n) is 2.16. The Hall–Kier alpha value is -2.85. The van der Waals surface area contributed by atoms with Crippen LogP contribution < -0.4 is 10.1 Å². The fraction of sp³-hybridized carbons (Fsp3) is 0.118. The molecule has 0 bridgehead atoms. The van der Waals surface area contributed by atoms with Crippen molar-refractivity contribution in [3.63, 3.8) is 0 Å². The SMILES string of the molecule is COC(=O)c1ccc(C(=O)Nc2nc(-c3ccccc3OC(F)F)cs2)s1. The Bertz CT molecular complexity index is 971. The molecule has 1 amide bonds. The van der Waals surface area contributed by atoms with E-state index in [1.165, 1.54) is 25.3 Å². The van der Waals surface area contributed by atoms with E-state index >= 15 is 0 Å². The van der Waals surface area contributed by atoms with E-state index in [0.717, 1.165) is 22.7 Å². The first-order valence-electron chi connectivity index (χ1n) is 7.47. The average Bonchev–Trinajstić information content (AvgIpc) is 3.30. The van der Waals surface area contributed by atoms with Crippen molar-refractivity contribution in [1.82, 2.24) is 4.98 Å². The molecule has 2 aromatic heterocycles. The van der Waals surface area contributed by atoms with E-state index in [0.29, 0.717) is 21.0 Å². The van der Waals surface area contributed by atoms with Crippen LogP contribution in [0, 0.1) is 0 Å². The molecule has 0 aliphatic heterocycles. The highest BCUT2D eigenvalue weighted by Crippen LogP contribution is 2.33. The summed E-state index contributed by atoms with van der Waals surface area (Å²) in [6, 6.07) is 9.26. The van der Waals surface area contributed by atoms with Crippen molar-refractivity contribution in [3.8, 4) is 17.0 Å². The van der Waals surface area contributed by atoms with Crippen LogP contribution in [0.2, 0.25) is 0 Å². The number of nitrogens with one attached hydrogen (secondary N) is 1. The zero-order valence-electron chi connectivity index (χ0n) is 13.8. The number of halogens is 2. The number of rotatable bonds is 6. The Balaban J connectivity index is 1.76. The second-order valence-electron chi connectivity index (χ2n) is 5.02. The third-order valence-electron chi connectivity index (χ3n) is 3.32. The van der Waals surface area contributed by atoms with E-state index in [1.807, 2.05) is 0 Å². The van der Waals surface area contributed by atoms with Crippen LogP contribution in [-0.4, -0.2) is 30.6 Å². The van der Waals surface area contributed by atoms with Crippen molar-refractivity contribution >= 4 is 39.7 Å². The lowest BCUT2D eigenvalue weighted by Crippen LogP contribution is -2.09. The number of ether oxygens (including phenoxy) is 2. The smallest absolute Gasteiger partial charge is 0.387 e. The Morgan fingerprint density at radius 3 is 2.63 bits per heavy atom. The molecule has 3 aromatic rings. The second-order valence-corrected chi connectivity index (χ2v) is 6.96. The maximum Gasteiger partial charge on any atom is 0.387 e. The van der Waals surface area contributed by atoms with E-state index in [9.17, 15) is 18.4 Å². The molecule has 0 saturated heterocycles. The summed E-state index contributed by atoms with van der Waals surface area (Å²) in [5, 5.41) is 4.53. The number of thiophene rings is 1. The van der Waals surface area contributed by atoms with Crippen LogP contribution >= 0.6 is 22.7 Å². The highest BCUT2D eigenvalue weighted by molar-refractivity contribution is 7.16. The molecule has 1 N–H and O–H groups in total. The number of amides is 1. The van der Waals surface area contributed by atoms with Gasteiger partial charge in [-0.15, -0.1) is 22.7 Å². The standard InChI is InChI=1S/C17H12F2N2O4S2/c1-24-15(23)13-7-6-12(27-13)14(22)21-17-20-10(8-26-17)9-4-2-3-5-11(9)25-16(18)19/h2-8,16H,1H3,(H,20,21,22). The molecule has 0 unspecified atom stereocenters. The van der Waals surface area contributed by atoms with Crippen LogP contribution in [0.5, 0.6) is 5.75 Å². The van der Waals surface area contributed by atoms with Crippen LogP contribution in [0.4, 0.5) is 13.9 Å². The molecule has 0 atom stereocenters. The molecule has 0 fully saturated rings. The molecule has 140 valence electrons. The van der Waals surface area contributed by atoms with Gasteiger partial charge in [0, 0.05) is 10.9 Å². The van der Waals surface area contributed by atoms with Crippen molar-refractivity contribution in [2.75, 3.05) is 12.4 Å². The van der Waals surface area contributed by atoms with E-state index in [4.69, 9.17) is 0 Å². The van der Waals surface area contributed by atoms with Crippen LogP contribution in [-0.2, 0) is 4.74 Å². The number of thiazole rings is 1. The molecular weight excluding hydrogens is 398 g/mol. The maximum atomic E-state index is 12.5. The lowest BCUT2D eigenvalue weighted by Gasteiger charge is -2.08. The third kappa shape index (κ3) is 4.47. The summed E-state index contributed by atoms with van der Waals surface area (Å²) < 4.78 is 34.2. The number of nitrogens with zero attached hydrogens (tertiary/aromatic N) is 1. The lowest BCUT2D eigenvalue weighted by molar-refractivity contribution is -0.0494. The molecule has 10 heteroatoms. The normalized spacial score (nSPS) is 10.7. The van der Waals surface area contributed by atoms with Crippen LogP contribution in [0.3, 0.4) is 0 Å². The molecule has 0 aliphatic rings. The summed E-state index contributed by atoms with van der Waals surface area (Å²) in [4.78, 5) is 28.6. The highest BCUT2D eigenvalue weighted by atomic mass is 32.1. The van der Waals surface area contributed by atoms with Gasteiger partial charge in [-0.1, -0.05) is 12.1 Å². The number of para-hydroxylation sites is 1. The number of hydrogen-bond acceptors (Lipinski definition) is 7. The van der Waals surface area contributed by atoms with Gasteiger partial charge >= 0.3 is 12.6 Å². The summed E-state index contributed by atoms with van der Waals surface area (Å²) in [6.07, 6.45) is 0. The minimum Gasteiger partial charge on any atom is -0.465 e. The third-order valence-corrected chi connectivity index (χ3v) is 5.14. The molecule has 27 heavy (non-hydrogen) atoms. The monoisotopic (exact) mass is 410 g/mol. The first-order chi connectivity index (χ1) is 13.0. The number of benzene rings is 1. The molecule has 3 rings (SSSR count). The first-order valence-corrected chi connectivity index (χ1v) is 9.17. The predicted molar refractivity (Wildman–Crippen MR) is 97.8 cm³/mol. The molecule has 1 aromatic carbocycles. The Labute approximate surface area is 160 Å². The summed E-state index contributed by atoms with van der Waals surface area (Å²) in [5.41, 5.74) is 0.784. The number of carbonyl (C=O) groups is 2. The van der Waals surface area contributed by atoms with Crippen LogP contribution in [0.15, 0.2) is 41.8 Å². The fourth-order valence-corrected chi connectivity index (χ4v) is 3.69. The van der Waals surface area contributed by atoms with E-state index < -0.39 is 18.5 Å². The molecule has 0 saturated carbocycles. The lowest BCUT2D eigenvalue weighted by atomic mass is 10.1. The highest BCUT2D eigenvalue weighted by Gasteiger charge is 2.17. The van der Waals surface area contributed by atoms with Gasteiger partial charge in [0.1, 0.15) is 10.6 Å². The van der Waals surface area contributed by atoms with Gasteiger partial charge in [0.25, 0.3) is 5.91 Å². The van der Waals surface area contributed by atoms with Crippen molar-refractivity contribution < 1.29 is 27.8 Å². The number of anilines is 1. The molecular formula is C17H12F2N2O4S2. The summed E-state index contributed by atoms with van der Waals surface area (Å²) in [5.74, 6) is -0.962. The Kier molecular flexibility index (Phi) is 5.77. The Morgan fingerprint density at radius 1 is 1.15 bits per heavy atom. The van der Waals surface area contributed by atoms with E-state index in [-0.39, 0.29) is 10.9 Å². The van der Waals surface area contributed by atoms with Crippen LogP contribution in [0.1, 0.15) is 19.3 Å². The van der Waals surface area contributed by atoms with Crippen molar-refractivity contribution in [2.24, 2.45) is 0 Å². The molecule has 0 aliphatic carbocycles. The largest absolute Gasteiger partial charge is 0.465 e. The number of carbonyl (C=O) groups excluding carboxylic acids is 2. The number of aromatic nitrogens is 1. The number of hydrogen-bond donors (Lipinski definition) is 1. The quantitative estimate of drug-likeness (QED) is 0.605. The number of methoxy groups -OCH3 is 1. The number of alkyl halides is 2. The maximum absolute atomic E-state index is 12.5. The molecule has 2 heterocycles. The zero-order valence-corrected chi connectivity index (χ0v) is 15.4. The Morgan fingerprint density at radius 2 is 1.89 bits per heavy atom. The summed E-state index contributed by atoms with van der Waals surface area (Å²) in [6.45, 7) is -2.95. The average molecular weight is 410 g/mol.